The van der Waals surface area contributed by atoms with Gasteiger partial charge < -0.3 is 4.42 Å². The van der Waals surface area contributed by atoms with Crippen LogP contribution in [0.25, 0.3) is 89.1 Å². The molecule has 0 atom stereocenters. The topological polar surface area (TPSA) is 51.8 Å². The number of rotatable bonds is 5. The van der Waals surface area contributed by atoms with Crippen LogP contribution in [0.1, 0.15) is 0 Å². The molecule has 0 amide bonds. The van der Waals surface area contributed by atoms with Gasteiger partial charge in [0.25, 0.3) is 0 Å². The average molecular weight is 602 g/mol. The highest BCUT2D eigenvalue weighted by atomic mass is 16.3. The number of fused-ring (bicyclic) bond motifs is 4. The fraction of sp³-hybridized carbons (Fsp3) is 0. The van der Waals surface area contributed by atoms with E-state index >= 15 is 0 Å². The predicted octanol–water partition coefficient (Wildman–Crippen LogP) is 11.3. The number of aromatic nitrogens is 3. The van der Waals surface area contributed by atoms with Gasteiger partial charge in [0.05, 0.1) is 0 Å². The minimum atomic E-state index is 0.644. The molecule has 9 aromatic rings. The average Bonchev–Trinajstić information content (AvgIpc) is 3.54. The fourth-order valence-corrected chi connectivity index (χ4v) is 6.50. The van der Waals surface area contributed by atoms with Crippen molar-refractivity contribution in [2.24, 2.45) is 0 Å². The Morgan fingerprint density at radius 3 is 1.51 bits per heavy atom. The smallest absolute Gasteiger partial charge is 0.164 e. The zero-order valence-electron chi connectivity index (χ0n) is 25.3. The third kappa shape index (κ3) is 4.75. The second-order valence-electron chi connectivity index (χ2n) is 11.6. The molecular formula is C43H27N3O. The lowest BCUT2D eigenvalue weighted by Gasteiger charge is -2.14. The van der Waals surface area contributed by atoms with Gasteiger partial charge in [-0.1, -0.05) is 146 Å². The lowest BCUT2D eigenvalue weighted by Crippen LogP contribution is -2.00. The van der Waals surface area contributed by atoms with E-state index in [-0.39, 0.29) is 0 Å². The van der Waals surface area contributed by atoms with Gasteiger partial charge in [-0.15, -0.1) is 0 Å². The molecule has 4 heteroatoms. The molecule has 0 saturated heterocycles. The summed E-state index contributed by atoms with van der Waals surface area (Å²) in [5, 5.41) is 4.47. The van der Waals surface area contributed by atoms with Gasteiger partial charge in [-0.2, -0.15) is 0 Å². The van der Waals surface area contributed by atoms with Crippen molar-refractivity contribution >= 4 is 32.7 Å². The Morgan fingerprint density at radius 2 is 0.809 bits per heavy atom. The summed E-state index contributed by atoms with van der Waals surface area (Å²) in [6.45, 7) is 0. The van der Waals surface area contributed by atoms with E-state index in [0.717, 1.165) is 71.7 Å². The third-order valence-electron chi connectivity index (χ3n) is 8.75. The number of nitrogens with zero attached hydrogens (tertiary/aromatic N) is 3. The zero-order valence-corrected chi connectivity index (χ0v) is 25.3. The van der Waals surface area contributed by atoms with Crippen molar-refractivity contribution in [3.05, 3.63) is 164 Å². The highest BCUT2D eigenvalue weighted by molar-refractivity contribution is 6.10. The molecule has 0 spiro atoms. The maximum Gasteiger partial charge on any atom is 0.164 e. The first-order valence-electron chi connectivity index (χ1n) is 15.7. The lowest BCUT2D eigenvalue weighted by atomic mass is 9.92. The molecule has 0 aliphatic carbocycles. The van der Waals surface area contributed by atoms with Crippen molar-refractivity contribution in [1.29, 1.82) is 0 Å². The van der Waals surface area contributed by atoms with Crippen molar-refractivity contribution in [2.75, 3.05) is 0 Å². The summed E-state index contributed by atoms with van der Waals surface area (Å²) < 4.78 is 6.38. The van der Waals surface area contributed by atoms with Crippen molar-refractivity contribution in [3.63, 3.8) is 0 Å². The highest BCUT2D eigenvalue weighted by Crippen LogP contribution is 2.39. The van der Waals surface area contributed by atoms with Gasteiger partial charge in [-0.25, -0.2) is 15.0 Å². The molecule has 0 aliphatic rings. The monoisotopic (exact) mass is 601 g/mol. The largest absolute Gasteiger partial charge is 0.455 e. The van der Waals surface area contributed by atoms with E-state index in [2.05, 4.69) is 91.0 Å². The van der Waals surface area contributed by atoms with Gasteiger partial charge in [0.2, 0.25) is 0 Å². The lowest BCUT2D eigenvalue weighted by molar-refractivity contribution is 0.670. The second-order valence-corrected chi connectivity index (χ2v) is 11.6. The van der Waals surface area contributed by atoms with Crippen LogP contribution in [0.15, 0.2) is 168 Å². The number of benzene rings is 7. The summed E-state index contributed by atoms with van der Waals surface area (Å²) in [6, 6.07) is 56.3. The molecule has 0 radical (unpaired) electrons. The van der Waals surface area contributed by atoms with E-state index in [1.165, 1.54) is 0 Å². The molecule has 0 bridgehead atoms. The summed E-state index contributed by atoms with van der Waals surface area (Å²) in [5.74, 6) is 1.94. The van der Waals surface area contributed by atoms with Crippen molar-refractivity contribution in [1.82, 2.24) is 15.0 Å². The van der Waals surface area contributed by atoms with E-state index in [1.807, 2.05) is 72.8 Å². The van der Waals surface area contributed by atoms with E-state index in [0.29, 0.717) is 17.5 Å². The van der Waals surface area contributed by atoms with Crippen LogP contribution in [-0.2, 0) is 0 Å². The SMILES string of the molecule is c1ccc(-c2nc(-c3ccccc3)nc(-c3ccc(-c4cccc(-c5cccc6c5oc5ccccc56)c4)c4ccccc34)n2)cc1. The molecule has 0 saturated carbocycles. The van der Waals surface area contributed by atoms with E-state index < -0.39 is 0 Å². The number of para-hydroxylation sites is 2. The summed E-state index contributed by atoms with van der Waals surface area (Å²) in [5.41, 5.74) is 9.13. The summed E-state index contributed by atoms with van der Waals surface area (Å²) >= 11 is 0. The molecule has 220 valence electrons. The Bertz CT molecular complexity index is 2510. The van der Waals surface area contributed by atoms with E-state index in [1.54, 1.807) is 0 Å². The molecule has 47 heavy (non-hydrogen) atoms. The van der Waals surface area contributed by atoms with Gasteiger partial charge in [0.1, 0.15) is 11.2 Å². The standard InChI is InChI=1S/C43H27N3O/c1-3-13-28(14-4-1)41-44-42(29-15-5-2-6-16-29)46-43(45-41)38-26-25-32(34-19-7-8-20-35(34)38)30-17-11-18-31(27-30)33-22-12-23-37-36-21-9-10-24-39(36)47-40(33)37/h1-27H. The zero-order chi connectivity index (χ0) is 31.2. The Hall–Kier alpha value is -6.39. The number of furan rings is 1. The molecule has 9 rings (SSSR count). The minimum Gasteiger partial charge on any atom is -0.455 e. The normalized spacial score (nSPS) is 11.4. The Morgan fingerprint density at radius 1 is 0.319 bits per heavy atom. The molecule has 0 N–H and O–H groups in total. The molecular weight excluding hydrogens is 574 g/mol. The molecule has 4 nitrogen and oxygen atoms in total. The van der Waals surface area contributed by atoms with Crippen LogP contribution in [0.3, 0.4) is 0 Å². The summed E-state index contributed by atoms with van der Waals surface area (Å²) in [4.78, 5) is 14.9. The molecule has 0 aliphatic heterocycles. The van der Waals surface area contributed by atoms with Gasteiger partial charge >= 0.3 is 0 Å². The molecule has 0 unspecified atom stereocenters. The molecule has 7 aromatic carbocycles. The number of hydrogen-bond acceptors (Lipinski definition) is 4. The first kappa shape index (κ1) is 27.0. The Kier molecular flexibility index (Phi) is 6.43. The first-order chi connectivity index (χ1) is 23.3. The van der Waals surface area contributed by atoms with Crippen LogP contribution in [0, 0.1) is 0 Å². The van der Waals surface area contributed by atoms with Crippen LogP contribution >= 0.6 is 0 Å². The minimum absolute atomic E-state index is 0.644. The van der Waals surface area contributed by atoms with Crippen molar-refractivity contribution in [3.8, 4) is 56.4 Å². The van der Waals surface area contributed by atoms with Gasteiger partial charge in [-0.3, -0.25) is 0 Å². The van der Waals surface area contributed by atoms with Gasteiger partial charge in [0, 0.05) is 33.0 Å². The molecule has 2 heterocycles. The highest BCUT2D eigenvalue weighted by Gasteiger charge is 2.17. The number of hydrogen-bond donors (Lipinski definition) is 0. The molecule has 0 fully saturated rings. The Balaban J connectivity index is 1.20. The van der Waals surface area contributed by atoms with Crippen LogP contribution in [0.5, 0.6) is 0 Å². The van der Waals surface area contributed by atoms with Crippen LogP contribution < -0.4 is 0 Å². The quantitative estimate of drug-likeness (QED) is 0.197. The van der Waals surface area contributed by atoms with Crippen LogP contribution in [-0.4, -0.2) is 15.0 Å². The van der Waals surface area contributed by atoms with E-state index in [9.17, 15) is 0 Å². The maximum atomic E-state index is 6.38. The fourth-order valence-electron chi connectivity index (χ4n) is 6.50. The summed E-state index contributed by atoms with van der Waals surface area (Å²) in [6.07, 6.45) is 0. The van der Waals surface area contributed by atoms with E-state index in [4.69, 9.17) is 19.4 Å². The summed E-state index contributed by atoms with van der Waals surface area (Å²) in [7, 11) is 0. The molecule has 2 aromatic heterocycles. The third-order valence-corrected chi connectivity index (χ3v) is 8.75. The van der Waals surface area contributed by atoms with Crippen LogP contribution in [0.2, 0.25) is 0 Å². The second kappa shape index (κ2) is 11.2. The van der Waals surface area contributed by atoms with Crippen molar-refractivity contribution < 1.29 is 4.42 Å². The first-order valence-corrected chi connectivity index (χ1v) is 15.7. The Labute approximate surface area is 271 Å². The predicted molar refractivity (Wildman–Crippen MR) is 192 cm³/mol. The van der Waals surface area contributed by atoms with Gasteiger partial charge in [0.15, 0.2) is 17.5 Å². The van der Waals surface area contributed by atoms with Crippen molar-refractivity contribution in [2.45, 2.75) is 0 Å². The van der Waals surface area contributed by atoms with Gasteiger partial charge in [-0.05, 0) is 45.7 Å². The maximum absolute atomic E-state index is 6.38. The van der Waals surface area contributed by atoms with Crippen LogP contribution in [0.4, 0.5) is 0 Å².